The molecule has 0 radical (unpaired) electrons. The molecule has 1 fully saturated rings. The maximum absolute atomic E-state index is 5.58. The van der Waals surface area contributed by atoms with Crippen molar-refractivity contribution in [1.82, 2.24) is 15.2 Å². The molecular formula is C20H19N5O2. The Morgan fingerprint density at radius 1 is 1.00 bits per heavy atom. The summed E-state index contributed by atoms with van der Waals surface area (Å²) >= 11 is 0. The van der Waals surface area contributed by atoms with Gasteiger partial charge in [-0.15, -0.1) is 10.2 Å². The van der Waals surface area contributed by atoms with Crippen molar-refractivity contribution >= 4 is 11.5 Å². The second-order valence-corrected chi connectivity index (χ2v) is 6.67. The summed E-state index contributed by atoms with van der Waals surface area (Å²) in [5.41, 5.74) is 5.28. The number of hydrogen-bond donors (Lipinski definition) is 0. The maximum atomic E-state index is 5.58. The highest BCUT2D eigenvalue weighted by molar-refractivity contribution is 6.15. The molecule has 136 valence electrons. The number of benzene rings is 1. The first-order valence-electron chi connectivity index (χ1n) is 9.05. The minimum absolute atomic E-state index is 0.533. The molecule has 2 aliphatic heterocycles. The normalized spacial score (nSPS) is 16.3. The first kappa shape index (κ1) is 16.1. The first-order chi connectivity index (χ1) is 13.3. The van der Waals surface area contributed by atoms with Crippen molar-refractivity contribution in [3.05, 3.63) is 59.1 Å². The second kappa shape index (κ2) is 6.59. The molecule has 0 unspecified atom stereocenters. The SMILES string of the molecule is Cc1nnc(-c2ccc3c(c2)C(c2ccnc(N4CCOCC4)c2)=NC3)o1. The minimum atomic E-state index is 0.533. The van der Waals surface area contributed by atoms with Crippen LogP contribution >= 0.6 is 0 Å². The molecule has 3 aromatic rings. The van der Waals surface area contributed by atoms with E-state index in [4.69, 9.17) is 14.1 Å². The van der Waals surface area contributed by atoms with Gasteiger partial charge in [-0.25, -0.2) is 4.98 Å². The van der Waals surface area contributed by atoms with Crippen molar-refractivity contribution in [2.75, 3.05) is 31.2 Å². The fourth-order valence-corrected chi connectivity index (χ4v) is 3.51. The van der Waals surface area contributed by atoms with Crippen molar-refractivity contribution < 1.29 is 9.15 Å². The third-order valence-electron chi connectivity index (χ3n) is 4.90. The van der Waals surface area contributed by atoms with Crippen LogP contribution in [0, 0.1) is 6.92 Å². The number of rotatable bonds is 3. The number of ether oxygens (including phenoxy) is 1. The van der Waals surface area contributed by atoms with Gasteiger partial charge in [0.1, 0.15) is 5.82 Å². The van der Waals surface area contributed by atoms with Gasteiger partial charge in [0.2, 0.25) is 11.8 Å². The largest absolute Gasteiger partial charge is 0.421 e. The Morgan fingerprint density at radius 3 is 2.70 bits per heavy atom. The van der Waals surface area contributed by atoms with E-state index in [1.54, 1.807) is 6.92 Å². The average Bonchev–Trinajstić information content (AvgIpc) is 3.34. The van der Waals surface area contributed by atoms with Crippen LogP contribution < -0.4 is 4.90 Å². The number of anilines is 1. The predicted octanol–water partition coefficient (Wildman–Crippen LogP) is 2.63. The molecule has 4 heterocycles. The van der Waals surface area contributed by atoms with Gasteiger partial charge in [-0.3, -0.25) is 4.99 Å². The molecular weight excluding hydrogens is 342 g/mol. The standard InChI is InChI=1S/C20H19N5O2/c1-13-23-24-20(27-13)15-2-3-16-12-22-19(17(16)10-15)14-4-5-21-18(11-14)25-6-8-26-9-7-25/h2-5,10-11H,6-9,12H2,1H3. The van der Waals surface area contributed by atoms with Crippen molar-refractivity contribution in [3.63, 3.8) is 0 Å². The van der Waals surface area contributed by atoms with E-state index >= 15 is 0 Å². The quantitative estimate of drug-likeness (QED) is 0.714. The zero-order chi connectivity index (χ0) is 18.2. The summed E-state index contributed by atoms with van der Waals surface area (Å²) in [5, 5.41) is 8.06. The van der Waals surface area contributed by atoms with Gasteiger partial charge in [-0.05, 0) is 29.8 Å². The molecule has 7 nitrogen and oxygen atoms in total. The Kier molecular flexibility index (Phi) is 3.94. The van der Waals surface area contributed by atoms with E-state index in [-0.39, 0.29) is 0 Å². The van der Waals surface area contributed by atoms with Crippen molar-refractivity contribution in [2.24, 2.45) is 4.99 Å². The lowest BCUT2D eigenvalue weighted by Crippen LogP contribution is -2.36. The number of fused-ring (bicyclic) bond motifs is 1. The molecule has 0 bridgehead atoms. The van der Waals surface area contributed by atoms with Gasteiger partial charge in [-0.1, -0.05) is 6.07 Å². The molecule has 1 saturated heterocycles. The molecule has 0 spiro atoms. The predicted molar refractivity (Wildman–Crippen MR) is 101 cm³/mol. The summed E-state index contributed by atoms with van der Waals surface area (Å²) < 4.78 is 11.0. The lowest BCUT2D eigenvalue weighted by atomic mass is 9.98. The molecule has 1 aromatic carbocycles. The highest BCUT2D eigenvalue weighted by atomic mass is 16.5. The van der Waals surface area contributed by atoms with E-state index in [1.165, 1.54) is 5.56 Å². The molecule has 0 saturated carbocycles. The molecule has 2 aromatic heterocycles. The van der Waals surface area contributed by atoms with Gasteiger partial charge >= 0.3 is 0 Å². The Labute approximate surface area is 156 Å². The van der Waals surface area contributed by atoms with Crippen LogP contribution in [-0.4, -0.2) is 47.2 Å². The van der Waals surface area contributed by atoms with E-state index in [2.05, 4.69) is 38.3 Å². The van der Waals surface area contributed by atoms with E-state index in [1.807, 2.05) is 18.3 Å². The molecule has 27 heavy (non-hydrogen) atoms. The number of aryl methyl sites for hydroxylation is 1. The van der Waals surface area contributed by atoms with Crippen molar-refractivity contribution in [1.29, 1.82) is 0 Å². The van der Waals surface area contributed by atoms with Crippen LogP contribution in [0.15, 0.2) is 45.9 Å². The monoisotopic (exact) mass is 361 g/mol. The van der Waals surface area contributed by atoms with E-state index in [0.29, 0.717) is 18.3 Å². The Bertz CT molecular complexity index is 1020. The van der Waals surface area contributed by atoms with E-state index in [0.717, 1.165) is 54.5 Å². The molecule has 7 heteroatoms. The van der Waals surface area contributed by atoms with Gasteiger partial charge in [0.25, 0.3) is 0 Å². The highest BCUT2D eigenvalue weighted by Gasteiger charge is 2.21. The van der Waals surface area contributed by atoms with Gasteiger partial charge in [0, 0.05) is 42.9 Å². The van der Waals surface area contributed by atoms with Crippen LogP contribution in [0.25, 0.3) is 11.5 Å². The number of hydrogen-bond acceptors (Lipinski definition) is 7. The second-order valence-electron chi connectivity index (χ2n) is 6.67. The van der Waals surface area contributed by atoms with Crippen molar-refractivity contribution in [3.8, 4) is 11.5 Å². The number of aliphatic imine (C=N–C) groups is 1. The minimum Gasteiger partial charge on any atom is -0.421 e. The molecule has 0 aliphatic carbocycles. The van der Waals surface area contributed by atoms with Crippen LogP contribution in [0.3, 0.4) is 0 Å². The summed E-state index contributed by atoms with van der Waals surface area (Å²) in [4.78, 5) is 11.6. The van der Waals surface area contributed by atoms with Crippen LogP contribution in [0.4, 0.5) is 5.82 Å². The van der Waals surface area contributed by atoms with Gasteiger partial charge in [-0.2, -0.15) is 0 Å². The summed E-state index contributed by atoms with van der Waals surface area (Å²) in [6.07, 6.45) is 1.85. The van der Waals surface area contributed by atoms with E-state index in [9.17, 15) is 0 Å². The molecule has 0 atom stereocenters. The van der Waals surface area contributed by atoms with Crippen molar-refractivity contribution in [2.45, 2.75) is 13.5 Å². The average molecular weight is 361 g/mol. The van der Waals surface area contributed by atoms with Crippen LogP contribution in [0.5, 0.6) is 0 Å². The topological polar surface area (TPSA) is 76.6 Å². The van der Waals surface area contributed by atoms with Crippen LogP contribution in [-0.2, 0) is 11.3 Å². The molecule has 2 aliphatic rings. The maximum Gasteiger partial charge on any atom is 0.247 e. The summed E-state index contributed by atoms with van der Waals surface area (Å²) in [5.74, 6) is 2.06. The molecule has 0 N–H and O–H groups in total. The third-order valence-corrected chi connectivity index (χ3v) is 4.90. The Balaban J connectivity index is 1.50. The lowest BCUT2D eigenvalue weighted by Gasteiger charge is -2.28. The highest BCUT2D eigenvalue weighted by Crippen LogP contribution is 2.29. The number of pyridine rings is 1. The molecule has 0 amide bonds. The Hall–Kier alpha value is -3.06. The zero-order valence-electron chi connectivity index (χ0n) is 15.1. The molecule has 5 rings (SSSR count). The van der Waals surface area contributed by atoms with Gasteiger partial charge in [0.05, 0.1) is 25.5 Å². The number of nitrogens with zero attached hydrogens (tertiary/aromatic N) is 5. The van der Waals surface area contributed by atoms with E-state index < -0.39 is 0 Å². The van der Waals surface area contributed by atoms with Gasteiger partial charge < -0.3 is 14.1 Å². The van der Waals surface area contributed by atoms with Gasteiger partial charge in [0.15, 0.2) is 0 Å². The number of morpholine rings is 1. The smallest absolute Gasteiger partial charge is 0.247 e. The van der Waals surface area contributed by atoms with Crippen LogP contribution in [0.2, 0.25) is 0 Å². The fourth-order valence-electron chi connectivity index (χ4n) is 3.51. The number of aromatic nitrogens is 3. The fraction of sp³-hybridized carbons (Fsp3) is 0.300. The third kappa shape index (κ3) is 3.00. The van der Waals surface area contributed by atoms with Crippen LogP contribution in [0.1, 0.15) is 22.6 Å². The summed E-state index contributed by atoms with van der Waals surface area (Å²) in [7, 11) is 0. The first-order valence-corrected chi connectivity index (χ1v) is 9.05. The summed E-state index contributed by atoms with van der Waals surface area (Å²) in [6, 6.07) is 10.3. The summed E-state index contributed by atoms with van der Waals surface area (Å²) in [6.45, 7) is 5.68. The zero-order valence-corrected chi connectivity index (χ0v) is 15.1. The lowest BCUT2D eigenvalue weighted by molar-refractivity contribution is 0.122. The Morgan fingerprint density at radius 2 is 1.89 bits per heavy atom.